The first-order valence-corrected chi connectivity index (χ1v) is 9.53. The molecule has 0 fully saturated rings. The summed E-state index contributed by atoms with van der Waals surface area (Å²) in [5.41, 5.74) is 4.45. The van der Waals surface area contributed by atoms with Gasteiger partial charge in [0.05, 0.1) is 15.7 Å². The summed E-state index contributed by atoms with van der Waals surface area (Å²) >= 11 is 13.3. The van der Waals surface area contributed by atoms with Crippen LogP contribution < -0.4 is 5.32 Å². The van der Waals surface area contributed by atoms with Gasteiger partial charge in [0, 0.05) is 16.5 Å². The smallest absolute Gasteiger partial charge is 0.257 e. The lowest BCUT2D eigenvalue weighted by Crippen LogP contribution is -2.11. The predicted octanol–water partition coefficient (Wildman–Crippen LogP) is 6.79. The fraction of sp³-hybridized carbons (Fsp3) is 0.100. The summed E-state index contributed by atoms with van der Waals surface area (Å²) < 4.78 is 0. The molecule has 3 aromatic rings. The fourth-order valence-corrected chi connectivity index (χ4v) is 3.37. The normalized spacial score (nSPS) is 10.5. The van der Waals surface area contributed by atoms with Crippen LogP contribution in [-0.2, 0) is 0 Å². The molecule has 3 nitrogen and oxygen atoms in total. The second kappa shape index (κ2) is 8.04. The monoisotopic (exact) mass is 402 g/mol. The van der Waals surface area contributed by atoms with Gasteiger partial charge in [0.1, 0.15) is 0 Å². The molecule has 0 radical (unpaired) electrons. The second-order valence-electron chi connectivity index (χ2n) is 5.96. The molecule has 1 N–H and O–H groups in total. The van der Waals surface area contributed by atoms with E-state index in [1.807, 2.05) is 37.4 Å². The lowest BCUT2D eigenvalue weighted by Gasteiger charge is -2.03. The third-order valence-electron chi connectivity index (χ3n) is 3.57. The molecule has 1 aromatic heterocycles. The van der Waals surface area contributed by atoms with Gasteiger partial charge in [0.2, 0.25) is 0 Å². The molecular weight excluding hydrogens is 387 g/mol. The minimum atomic E-state index is -0.191. The summed E-state index contributed by atoms with van der Waals surface area (Å²) in [4.78, 5) is 16.8. The van der Waals surface area contributed by atoms with Crippen LogP contribution in [0.25, 0.3) is 17.3 Å². The molecule has 132 valence electrons. The van der Waals surface area contributed by atoms with Gasteiger partial charge in [-0.05, 0) is 43.7 Å². The molecule has 6 heteroatoms. The van der Waals surface area contributed by atoms with Crippen molar-refractivity contribution in [3.63, 3.8) is 0 Å². The van der Waals surface area contributed by atoms with Crippen LogP contribution in [0, 0.1) is 0 Å². The van der Waals surface area contributed by atoms with E-state index in [1.165, 1.54) is 16.9 Å². The van der Waals surface area contributed by atoms with Crippen molar-refractivity contribution in [1.29, 1.82) is 0 Å². The Morgan fingerprint density at radius 3 is 2.46 bits per heavy atom. The predicted molar refractivity (Wildman–Crippen MR) is 111 cm³/mol. The molecule has 0 unspecified atom stereocenters. The molecule has 1 heterocycles. The van der Waals surface area contributed by atoms with Gasteiger partial charge < -0.3 is 0 Å². The van der Waals surface area contributed by atoms with Crippen LogP contribution in [0.15, 0.2) is 53.4 Å². The highest BCUT2D eigenvalue weighted by atomic mass is 35.5. The first kappa shape index (κ1) is 18.6. The first-order valence-electron chi connectivity index (χ1n) is 7.89. The van der Waals surface area contributed by atoms with Crippen LogP contribution in [0.3, 0.4) is 0 Å². The number of rotatable bonds is 4. The van der Waals surface area contributed by atoms with Crippen molar-refractivity contribution in [3.05, 3.63) is 74.6 Å². The van der Waals surface area contributed by atoms with Crippen molar-refractivity contribution < 1.29 is 4.79 Å². The number of amides is 1. The molecule has 0 aliphatic rings. The van der Waals surface area contributed by atoms with Gasteiger partial charge in [-0.3, -0.25) is 10.1 Å². The number of thiazole rings is 1. The van der Waals surface area contributed by atoms with Gasteiger partial charge in [-0.2, -0.15) is 0 Å². The molecule has 3 rings (SSSR count). The highest BCUT2D eigenvalue weighted by molar-refractivity contribution is 7.14. The van der Waals surface area contributed by atoms with Crippen molar-refractivity contribution in [2.45, 2.75) is 13.8 Å². The summed E-state index contributed by atoms with van der Waals surface area (Å²) in [7, 11) is 0. The van der Waals surface area contributed by atoms with Gasteiger partial charge in [-0.15, -0.1) is 11.3 Å². The van der Waals surface area contributed by atoms with Crippen LogP contribution in [0.2, 0.25) is 10.0 Å². The number of anilines is 1. The third-order valence-corrected chi connectivity index (χ3v) is 5.06. The van der Waals surface area contributed by atoms with Crippen molar-refractivity contribution in [2.24, 2.45) is 0 Å². The Labute approximate surface area is 166 Å². The largest absolute Gasteiger partial charge is 0.298 e. The number of carbonyl (C=O) groups is 1. The average molecular weight is 403 g/mol. The van der Waals surface area contributed by atoms with Crippen molar-refractivity contribution in [1.82, 2.24) is 4.98 Å². The number of benzene rings is 2. The van der Waals surface area contributed by atoms with Crippen LogP contribution in [0.1, 0.15) is 29.8 Å². The van der Waals surface area contributed by atoms with Crippen molar-refractivity contribution >= 4 is 51.7 Å². The van der Waals surface area contributed by atoms with E-state index in [-0.39, 0.29) is 5.91 Å². The number of nitrogens with one attached hydrogen (secondary N) is 1. The average Bonchev–Trinajstić information content (AvgIpc) is 3.06. The summed E-state index contributed by atoms with van der Waals surface area (Å²) in [6.07, 6.45) is 2.06. The molecule has 26 heavy (non-hydrogen) atoms. The highest BCUT2D eigenvalue weighted by Crippen LogP contribution is 2.30. The standard InChI is InChI=1S/C20H16Cl2N2OS/c1-12(2)9-13-3-5-14(6-4-13)19(25)24-20-23-18(11-26-20)15-7-8-16(21)17(22)10-15/h3-11H,1-2H3,(H,23,24,25). The Morgan fingerprint density at radius 1 is 1.08 bits per heavy atom. The maximum atomic E-state index is 12.4. The molecule has 0 saturated heterocycles. The SMILES string of the molecule is CC(C)=Cc1ccc(C(=O)Nc2nc(-c3ccc(Cl)c(Cl)c3)cs2)cc1. The zero-order chi connectivity index (χ0) is 18.7. The van der Waals surface area contributed by atoms with E-state index in [0.717, 1.165) is 16.8 Å². The number of nitrogens with zero attached hydrogens (tertiary/aromatic N) is 1. The Bertz CT molecular complexity index is 974. The van der Waals surface area contributed by atoms with E-state index in [2.05, 4.69) is 16.4 Å². The summed E-state index contributed by atoms with van der Waals surface area (Å²) in [6.45, 7) is 4.07. The third kappa shape index (κ3) is 4.52. The minimum absolute atomic E-state index is 0.191. The second-order valence-corrected chi connectivity index (χ2v) is 7.64. The Morgan fingerprint density at radius 2 is 1.81 bits per heavy atom. The quantitative estimate of drug-likeness (QED) is 0.521. The zero-order valence-corrected chi connectivity index (χ0v) is 16.5. The van der Waals surface area contributed by atoms with E-state index >= 15 is 0 Å². The van der Waals surface area contributed by atoms with E-state index in [0.29, 0.717) is 20.7 Å². The Balaban J connectivity index is 1.73. The van der Waals surface area contributed by atoms with Crippen molar-refractivity contribution in [2.75, 3.05) is 5.32 Å². The zero-order valence-electron chi connectivity index (χ0n) is 14.2. The Hall–Kier alpha value is -2.14. The van der Waals surface area contributed by atoms with Crippen LogP contribution in [-0.4, -0.2) is 10.9 Å². The van der Waals surface area contributed by atoms with E-state index in [9.17, 15) is 4.79 Å². The number of aromatic nitrogens is 1. The van der Waals surface area contributed by atoms with Crippen LogP contribution in [0.5, 0.6) is 0 Å². The van der Waals surface area contributed by atoms with Gasteiger partial charge in [0.15, 0.2) is 5.13 Å². The molecule has 0 spiro atoms. The topological polar surface area (TPSA) is 42.0 Å². The van der Waals surface area contributed by atoms with Gasteiger partial charge in [-0.25, -0.2) is 4.98 Å². The molecule has 0 atom stereocenters. The van der Waals surface area contributed by atoms with Crippen LogP contribution >= 0.6 is 34.5 Å². The first-order chi connectivity index (χ1) is 12.4. The van der Waals surface area contributed by atoms with E-state index in [1.54, 1.807) is 24.3 Å². The molecule has 0 aliphatic heterocycles. The molecule has 0 aliphatic carbocycles. The number of allylic oxidation sites excluding steroid dienone is 1. The summed E-state index contributed by atoms with van der Waals surface area (Å²) in [5, 5.41) is 6.20. The van der Waals surface area contributed by atoms with Gasteiger partial charge in [-0.1, -0.05) is 53.1 Å². The number of hydrogen-bond donors (Lipinski definition) is 1. The van der Waals surface area contributed by atoms with Crippen molar-refractivity contribution in [3.8, 4) is 11.3 Å². The summed E-state index contributed by atoms with van der Waals surface area (Å²) in [6, 6.07) is 12.8. The molecule has 0 bridgehead atoms. The summed E-state index contributed by atoms with van der Waals surface area (Å²) in [5.74, 6) is -0.191. The maximum Gasteiger partial charge on any atom is 0.257 e. The van der Waals surface area contributed by atoms with E-state index in [4.69, 9.17) is 23.2 Å². The fourth-order valence-electron chi connectivity index (χ4n) is 2.35. The Kier molecular flexibility index (Phi) is 5.77. The minimum Gasteiger partial charge on any atom is -0.298 e. The number of carbonyl (C=O) groups excluding carboxylic acids is 1. The van der Waals surface area contributed by atoms with Gasteiger partial charge >= 0.3 is 0 Å². The highest BCUT2D eigenvalue weighted by Gasteiger charge is 2.11. The lowest BCUT2D eigenvalue weighted by molar-refractivity contribution is 0.102. The van der Waals surface area contributed by atoms with Gasteiger partial charge in [0.25, 0.3) is 5.91 Å². The molecule has 2 aromatic carbocycles. The van der Waals surface area contributed by atoms with E-state index < -0.39 is 0 Å². The number of hydrogen-bond acceptors (Lipinski definition) is 3. The molecular formula is C20H16Cl2N2OS. The molecule has 1 amide bonds. The number of halogens is 2. The van der Waals surface area contributed by atoms with Crippen LogP contribution in [0.4, 0.5) is 5.13 Å². The maximum absolute atomic E-state index is 12.4. The molecule has 0 saturated carbocycles. The lowest BCUT2D eigenvalue weighted by atomic mass is 10.1.